The van der Waals surface area contributed by atoms with Crippen molar-refractivity contribution in [3.63, 3.8) is 0 Å². The predicted molar refractivity (Wildman–Crippen MR) is 68.3 cm³/mol. The Hall–Kier alpha value is -0.120. The Morgan fingerprint density at radius 3 is 1.80 bits per heavy atom. The van der Waals surface area contributed by atoms with E-state index in [0.717, 1.165) is 0 Å². The summed E-state index contributed by atoms with van der Waals surface area (Å²) in [7, 11) is 3.52. The molecule has 0 aromatic heterocycles. The van der Waals surface area contributed by atoms with E-state index in [9.17, 15) is 0 Å². The maximum atomic E-state index is 8.97. The third-order valence-corrected chi connectivity index (χ3v) is 1.99. The fraction of sp³-hybridized carbons (Fsp3) is 1.00. The number of hydrogen-bond donors (Lipinski definition) is 2. The molecule has 2 N–H and O–H groups in total. The molecule has 0 amide bonds. The molecule has 0 spiro atoms. The molecule has 0 aliphatic carbocycles. The smallest absolute Gasteiger partial charge is 0.0590 e. The van der Waals surface area contributed by atoms with E-state index in [0.29, 0.717) is 6.61 Å². The molecule has 0 fully saturated rings. The molecule has 3 heteroatoms. The van der Waals surface area contributed by atoms with Crippen molar-refractivity contribution in [1.29, 1.82) is 0 Å². The van der Waals surface area contributed by atoms with Crippen molar-refractivity contribution in [1.82, 2.24) is 5.32 Å². The lowest BCUT2D eigenvalue weighted by Crippen LogP contribution is -2.45. The van der Waals surface area contributed by atoms with Crippen molar-refractivity contribution in [2.75, 3.05) is 27.4 Å². The first-order valence-corrected chi connectivity index (χ1v) is 5.85. The van der Waals surface area contributed by atoms with Gasteiger partial charge in [0.25, 0.3) is 0 Å². The Balaban J connectivity index is -0.000000318. The molecule has 1 atom stereocenters. The highest BCUT2D eigenvalue weighted by molar-refractivity contribution is 4.82. The quantitative estimate of drug-likeness (QED) is 0.748. The van der Waals surface area contributed by atoms with Gasteiger partial charge in [-0.2, -0.15) is 0 Å². The van der Waals surface area contributed by atoms with Crippen LogP contribution < -0.4 is 5.32 Å². The summed E-state index contributed by atoms with van der Waals surface area (Å²) in [6, 6.07) is 0.0995. The minimum atomic E-state index is -0.0156. The first kappa shape index (κ1) is 20.3. The maximum absolute atomic E-state index is 8.97. The molecule has 0 rings (SSSR count). The zero-order valence-corrected chi connectivity index (χ0v) is 11.8. The number of ether oxygens (including phenoxy) is 1. The molecule has 15 heavy (non-hydrogen) atoms. The zero-order chi connectivity index (χ0) is 12.9. The summed E-state index contributed by atoms with van der Waals surface area (Å²) in [6.45, 7) is 12.9. The molecule has 0 aromatic rings. The average molecular weight is 221 g/mol. The van der Waals surface area contributed by atoms with E-state index in [1.807, 2.05) is 34.7 Å². The van der Waals surface area contributed by atoms with E-state index in [2.05, 4.69) is 19.2 Å². The summed E-state index contributed by atoms with van der Waals surface area (Å²) in [5.41, 5.74) is -0.0156. The minimum Gasteiger partial charge on any atom is -0.395 e. The van der Waals surface area contributed by atoms with E-state index in [1.54, 1.807) is 7.11 Å². The third-order valence-electron chi connectivity index (χ3n) is 1.99. The lowest BCUT2D eigenvalue weighted by molar-refractivity contribution is 0.0549. The van der Waals surface area contributed by atoms with Gasteiger partial charge in [0.15, 0.2) is 0 Å². The average Bonchev–Trinajstić information content (AvgIpc) is 2.25. The summed E-state index contributed by atoms with van der Waals surface area (Å²) < 4.78 is 5.04. The molecule has 0 heterocycles. The van der Waals surface area contributed by atoms with Gasteiger partial charge in [-0.05, 0) is 7.05 Å². The first-order chi connectivity index (χ1) is 7.08. The van der Waals surface area contributed by atoms with E-state index in [-0.39, 0.29) is 18.1 Å². The standard InChI is InChI=1S/C8H19NO2.2C2H6/c1-8(2,6-11-4)7(5-10)9-3;2*1-2/h7,9-10H,5-6H2,1-4H3;2*1-2H3. The highest BCUT2D eigenvalue weighted by Gasteiger charge is 2.27. The highest BCUT2D eigenvalue weighted by atomic mass is 16.5. The molecule has 0 aliphatic heterocycles. The van der Waals surface area contributed by atoms with Crippen molar-refractivity contribution >= 4 is 0 Å². The summed E-state index contributed by atoms with van der Waals surface area (Å²) in [6.07, 6.45) is 0. The van der Waals surface area contributed by atoms with Gasteiger partial charge in [-0.25, -0.2) is 0 Å². The summed E-state index contributed by atoms with van der Waals surface area (Å²) in [5.74, 6) is 0. The molecule has 0 bridgehead atoms. The fourth-order valence-corrected chi connectivity index (χ4v) is 1.20. The SMILES string of the molecule is CC.CC.CNC(CO)C(C)(C)COC. The van der Waals surface area contributed by atoms with Crippen LogP contribution in [0.4, 0.5) is 0 Å². The zero-order valence-electron chi connectivity index (χ0n) is 11.8. The van der Waals surface area contributed by atoms with Gasteiger partial charge in [0.1, 0.15) is 0 Å². The lowest BCUT2D eigenvalue weighted by atomic mass is 9.86. The van der Waals surface area contributed by atoms with E-state index >= 15 is 0 Å². The van der Waals surface area contributed by atoms with Crippen molar-refractivity contribution in [3.8, 4) is 0 Å². The molecule has 0 saturated carbocycles. The normalized spacial score (nSPS) is 11.8. The van der Waals surface area contributed by atoms with Gasteiger partial charge in [-0.3, -0.25) is 0 Å². The number of aliphatic hydroxyl groups is 1. The van der Waals surface area contributed by atoms with E-state index < -0.39 is 0 Å². The number of hydrogen-bond acceptors (Lipinski definition) is 3. The van der Waals surface area contributed by atoms with E-state index in [1.165, 1.54) is 0 Å². The maximum Gasteiger partial charge on any atom is 0.0590 e. The van der Waals surface area contributed by atoms with Crippen LogP contribution >= 0.6 is 0 Å². The minimum absolute atomic E-state index is 0.0156. The predicted octanol–water partition coefficient (Wildman–Crippen LogP) is 2.29. The number of nitrogens with one attached hydrogen (secondary N) is 1. The van der Waals surface area contributed by atoms with Gasteiger partial charge < -0.3 is 15.2 Å². The molecule has 96 valence electrons. The van der Waals surface area contributed by atoms with Crippen LogP contribution in [-0.4, -0.2) is 38.5 Å². The Bertz CT molecular complexity index is 102. The van der Waals surface area contributed by atoms with Crippen LogP contribution in [0.3, 0.4) is 0 Å². The second-order valence-electron chi connectivity index (χ2n) is 3.45. The van der Waals surface area contributed by atoms with Crippen molar-refractivity contribution in [3.05, 3.63) is 0 Å². The Labute approximate surface area is 96.2 Å². The van der Waals surface area contributed by atoms with Crippen LogP contribution in [0.2, 0.25) is 0 Å². The molecule has 0 aliphatic rings. The fourth-order valence-electron chi connectivity index (χ4n) is 1.20. The van der Waals surface area contributed by atoms with Gasteiger partial charge in [0.2, 0.25) is 0 Å². The van der Waals surface area contributed by atoms with Crippen molar-refractivity contribution in [2.24, 2.45) is 5.41 Å². The molecule has 0 radical (unpaired) electrons. The van der Waals surface area contributed by atoms with Gasteiger partial charge >= 0.3 is 0 Å². The molecular formula is C12H31NO2. The van der Waals surface area contributed by atoms with Crippen molar-refractivity contribution < 1.29 is 9.84 Å². The van der Waals surface area contributed by atoms with Crippen molar-refractivity contribution in [2.45, 2.75) is 47.6 Å². The Morgan fingerprint density at radius 1 is 1.20 bits per heavy atom. The number of likely N-dealkylation sites (N-methyl/N-ethyl adjacent to an activating group) is 1. The summed E-state index contributed by atoms with van der Waals surface area (Å²) >= 11 is 0. The lowest BCUT2D eigenvalue weighted by Gasteiger charge is -2.31. The Kier molecular flexibility index (Phi) is 18.8. The van der Waals surface area contributed by atoms with E-state index in [4.69, 9.17) is 9.84 Å². The third kappa shape index (κ3) is 10.2. The van der Waals surface area contributed by atoms with Crippen LogP contribution in [0.15, 0.2) is 0 Å². The topological polar surface area (TPSA) is 41.5 Å². The second kappa shape index (κ2) is 13.9. The van der Waals surface area contributed by atoms with Gasteiger partial charge in [0.05, 0.1) is 13.2 Å². The molecule has 0 aromatic carbocycles. The van der Waals surface area contributed by atoms with Crippen LogP contribution in [0.1, 0.15) is 41.5 Å². The van der Waals surface area contributed by atoms with Crippen LogP contribution in [0, 0.1) is 5.41 Å². The molecule has 1 unspecified atom stereocenters. The van der Waals surface area contributed by atoms with Crippen LogP contribution in [0.25, 0.3) is 0 Å². The second-order valence-corrected chi connectivity index (χ2v) is 3.45. The summed E-state index contributed by atoms with van der Waals surface area (Å²) in [5, 5.41) is 12.0. The molecule has 0 saturated heterocycles. The number of methoxy groups -OCH3 is 1. The highest BCUT2D eigenvalue weighted by Crippen LogP contribution is 2.19. The van der Waals surface area contributed by atoms with Gasteiger partial charge in [-0.1, -0.05) is 41.5 Å². The molecular weight excluding hydrogens is 190 g/mol. The number of rotatable bonds is 5. The Morgan fingerprint density at radius 2 is 1.60 bits per heavy atom. The van der Waals surface area contributed by atoms with Crippen LogP contribution in [0.5, 0.6) is 0 Å². The van der Waals surface area contributed by atoms with Gasteiger partial charge in [-0.15, -0.1) is 0 Å². The van der Waals surface area contributed by atoms with Gasteiger partial charge in [0, 0.05) is 18.6 Å². The monoisotopic (exact) mass is 221 g/mol. The molecule has 3 nitrogen and oxygen atoms in total. The first-order valence-electron chi connectivity index (χ1n) is 5.85. The summed E-state index contributed by atoms with van der Waals surface area (Å²) in [4.78, 5) is 0. The largest absolute Gasteiger partial charge is 0.395 e. The van der Waals surface area contributed by atoms with Crippen LogP contribution in [-0.2, 0) is 4.74 Å². The number of aliphatic hydroxyl groups excluding tert-OH is 1.